The molecule has 2 aromatic carbocycles. The average Bonchev–Trinajstić information content (AvgIpc) is 2.75. The summed E-state index contributed by atoms with van der Waals surface area (Å²) in [7, 11) is 0. The SMILES string of the molecule is CC1=C(Sc2cc(C)c(CO)cc2C(C)(C)C)C(=O)OC(CCc2ccc(O)cc2)(C(C)C)C1. The van der Waals surface area contributed by atoms with Crippen LogP contribution in [0.25, 0.3) is 0 Å². The van der Waals surface area contributed by atoms with Crippen molar-refractivity contribution in [2.75, 3.05) is 0 Å². The Morgan fingerprint density at radius 3 is 2.29 bits per heavy atom. The third-order valence-corrected chi connectivity index (χ3v) is 8.16. The molecule has 0 amide bonds. The summed E-state index contributed by atoms with van der Waals surface area (Å²) in [4.78, 5) is 15.1. The lowest BCUT2D eigenvalue weighted by molar-refractivity contribution is -0.162. The maximum absolute atomic E-state index is 13.4. The summed E-state index contributed by atoms with van der Waals surface area (Å²) in [6.07, 6.45) is 2.21. The zero-order chi connectivity index (χ0) is 25.3. The van der Waals surface area contributed by atoms with Gasteiger partial charge in [-0.15, -0.1) is 0 Å². The molecule has 0 fully saturated rings. The first-order valence-electron chi connectivity index (χ1n) is 12.0. The molecule has 0 radical (unpaired) electrons. The number of cyclic esters (lactones) is 1. The number of ether oxygens (including phenoxy) is 1. The molecule has 0 aliphatic carbocycles. The third-order valence-electron chi connectivity index (χ3n) is 6.89. The lowest BCUT2D eigenvalue weighted by Crippen LogP contribution is -2.44. The molecule has 4 nitrogen and oxygen atoms in total. The molecule has 184 valence electrons. The summed E-state index contributed by atoms with van der Waals surface area (Å²) in [6, 6.07) is 11.4. The van der Waals surface area contributed by atoms with E-state index in [9.17, 15) is 15.0 Å². The fourth-order valence-corrected chi connectivity index (χ4v) is 5.85. The van der Waals surface area contributed by atoms with Crippen molar-refractivity contribution < 1.29 is 19.7 Å². The van der Waals surface area contributed by atoms with Crippen LogP contribution in [0.15, 0.2) is 51.8 Å². The van der Waals surface area contributed by atoms with E-state index in [1.807, 2.05) is 26.0 Å². The second kappa shape index (κ2) is 10.2. The number of benzene rings is 2. The van der Waals surface area contributed by atoms with Gasteiger partial charge in [0.2, 0.25) is 0 Å². The molecule has 2 N–H and O–H groups in total. The van der Waals surface area contributed by atoms with Crippen molar-refractivity contribution in [3.05, 3.63) is 69.1 Å². The first-order chi connectivity index (χ1) is 15.9. The van der Waals surface area contributed by atoms with Crippen molar-refractivity contribution in [2.45, 2.75) is 90.2 Å². The number of aromatic hydroxyl groups is 1. The van der Waals surface area contributed by atoms with Gasteiger partial charge in [0.25, 0.3) is 0 Å². The van der Waals surface area contributed by atoms with Gasteiger partial charge in [-0.2, -0.15) is 0 Å². The van der Waals surface area contributed by atoms with Crippen molar-refractivity contribution in [1.29, 1.82) is 0 Å². The van der Waals surface area contributed by atoms with Gasteiger partial charge in [0, 0.05) is 11.3 Å². The van der Waals surface area contributed by atoms with E-state index < -0.39 is 5.60 Å². The summed E-state index contributed by atoms with van der Waals surface area (Å²) in [6.45, 7) is 14.7. The highest BCUT2D eigenvalue weighted by Crippen LogP contribution is 2.46. The van der Waals surface area contributed by atoms with Gasteiger partial charge in [0.05, 0.1) is 11.5 Å². The van der Waals surface area contributed by atoms with Crippen LogP contribution in [0.2, 0.25) is 0 Å². The minimum Gasteiger partial charge on any atom is -0.508 e. The normalized spacial score (nSPS) is 19.0. The zero-order valence-electron chi connectivity index (χ0n) is 21.5. The Bertz CT molecular complexity index is 1080. The summed E-state index contributed by atoms with van der Waals surface area (Å²) in [5.41, 5.74) is 4.55. The number of aryl methyl sites for hydroxylation is 2. The molecule has 1 atom stereocenters. The fraction of sp³-hybridized carbons (Fsp3) is 0.483. The van der Waals surface area contributed by atoms with E-state index in [1.165, 1.54) is 11.8 Å². The Morgan fingerprint density at radius 1 is 1.12 bits per heavy atom. The second-order valence-electron chi connectivity index (χ2n) is 10.8. The van der Waals surface area contributed by atoms with Crippen LogP contribution in [-0.4, -0.2) is 21.8 Å². The molecule has 0 spiro atoms. The standard InChI is InChI=1S/C29H38O4S/c1-18(2)29(13-12-21-8-10-23(31)11-9-21)16-20(4)26(27(32)33-29)34-25-14-19(3)22(17-30)15-24(25)28(5,6)7/h8-11,14-15,18,30-31H,12-13,16-17H2,1-7H3. The predicted molar refractivity (Wildman–Crippen MR) is 139 cm³/mol. The van der Waals surface area contributed by atoms with Crippen LogP contribution in [0.4, 0.5) is 0 Å². The van der Waals surface area contributed by atoms with Crippen LogP contribution < -0.4 is 0 Å². The van der Waals surface area contributed by atoms with Crippen LogP contribution in [0, 0.1) is 12.8 Å². The maximum atomic E-state index is 13.4. The molecule has 0 aromatic heterocycles. The largest absolute Gasteiger partial charge is 0.508 e. The average molecular weight is 483 g/mol. The molecule has 1 unspecified atom stereocenters. The summed E-state index contributed by atoms with van der Waals surface area (Å²) in [5, 5.41) is 19.3. The van der Waals surface area contributed by atoms with Crippen molar-refractivity contribution >= 4 is 17.7 Å². The molecule has 0 bridgehead atoms. The number of phenolic OH excluding ortho intramolecular Hbond substituents is 1. The number of hydrogen-bond acceptors (Lipinski definition) is 5. The van der Waals surface area contributed by atoms with Gasteiger partial charge < -0.3 is 14.9 Å². The van der Waals surface area contributed by atoms with Crippen molar-refractivity contribution in [2.24, 2.45) is 5.92 Å². The number of aliphatic hydroxyl groups is 1. The minimum absolute atomic E-state index is 0.00155. The van der Waals surface area contributed by atoms with Crippen molar-refractivity contribution in [3.8, 4) is 5.75 Å². The van der Waals surface area contributed by atoms with Gasteiger partial charge in [0.15, 0.2) is 0 Å². The highest BCUT2D eigenvalue weighted by atomic mass is 32.2. The quantitative estimate of drug-likeness (QED) is 0.423. The Morgan fingerprint density at radius 2 is 1.76 bits per heavy atom. The van der Waals surface area contributed by atoms with E-state index in [1.54, 1.807) is 12.1 Å². The van der Waals surface area contributed by atoms with Gasteiger partial charge in [0.1, 0.15) is 11.4 Å². The first-order valence-corrected chi connectivity index (χ1v) is 12.8. The van der Waals surface area contributed by atoms with Crippen LogP contribution in [-0.2, 0) is 28.0 Å². The number of esters is 1. The number of thioether (sulfide) groups is 1. The number of carbonyl (C=O) groups is 1. The molecule has 3 rings (SSSR count). The van der Waals surface area contributed by atoms with Gasteiger partial charge >= 0.3 is 5.97 Å². The molecular weight excluding hydrogens is 444 g/mol. The second-order valence-corrected chi connectivity index (χ2v) is 11.9. The molecule has 34 heavy (non-hydrogen) atoms. The Kier molecular flexibility index (Phi) is 7.89. The van der Waals surface area contributed by atoms with E-state index in [2.05, 4.69) is 46.8 Å². The predicted octanol–water partition coefficient (Wildman–Crippen LogP) is 6.83. The van der Waals surface area contributed by atoms with E-state index >= 15 is 0 Å². The van der Waals surface area contributed by atoms with Crippen LogP contribution >= 0.6 is 11.8 Å². The van der Waals surface area contributed by atoms with E-state index in [0.717, 1.165) is 45.6 Å². The topological polar surface area (TPSA) is 66.8 Å². The van der Waals surface area contributed by atoms with Crippen LogP contribution in [0.5, 0.6) is 5.75 Å². The lowest BCUT2D eigenvalue weighted by Gasteiger charge is -2.41. The smallest absolute Gasteiger partial charge is 0.345 e. The van der Waals surface area contributed by atoms with Gasteiger partial charge in [-0.3, -0.25) is 0 Å². The number of carbonyl (C=O) groups excluding carboxylic acids is 1. The van der Waals surface area contributed by atoms with Crippen LogP contribution in [0.1, 0.15) is 76.6 Å². The van der Waals surface area contributed by atoms with Gasteiger partial charge in [-0.25, -0.2) is 4.79 Å². The highest BCUT2D eigenvalue weighted by molar-refractivity contribution is 8.04. The maximum Gasteiger partial charge on any atom is 0.345 e. The van der Waals surface area contributed by atoms with E-state index in [0.29, 0.717) is 11.3 Å². The zero-order valence-corrected chi connectivity index (χ0v) is 22.3. The summed E-state index contributed by atoms with van der Waals surface area (Å²) >= 11 is 1.49. The monoisotopic (exact) mass is 482 g/mol. The van der Waals surface area contributed by atoms with Crippen LogP contribution in [0.3, 0.4) is 0 Å². The van der Waals surface area contributed by atoms with E-state index in [4.69, 9.17) is 4.74 Å². The van der Waals surface area contributed by atoms with Gasteiger partial charge in [-0.1, -0.05) is 64.6 Å². The molecule has 0 saturated carbocycles. The molecule has 5 heteroatoms. The molecule has 1 heterocycles. The fourth-order valence-electron chi connectivity index (χ4n) is 4.54. The molecular formula is C29H38O4S. The molecule has 1 aliphatic rings. The summed E-state index contributed by atoms with van der Waals surface area (Å²) in [5.74, 6) is 0.173. The number of aliphatic hydroxyl groups excluding tert-OH is 1. The minimum atomic E-state index is -0.549. The molecule has 2 aromatic rings. The number of phenols is 1. The highest BCUT2D eigenvalue weighted by Gasteiger charge is 2.43. The Balaban J connectivity index is 1.91. The first kappa shape index (κ1) is 26.4. The third kappa shape index (κ3) is 5.69. The Labute approximate surface area is 208 Å². The van der Waals surface area contributed by atoms with Gasteiger partial charge in [-0.05, 0) is 84.0 Å². The Hall–Kier alpha value is -2.24. The molecule has 1 aliphatic heterocycles. The van der Waals surface area contributed by atoms with Crippen molar-refractivity contribution in [3.63, 3.8) is 0 Å². The summed E-state index contributed by atoms with van der Waals surface area (Å²) < 4.78 is 6.23. The molecule has 0 saturated heterocycles. The van der Waals surface area contributed by atoms with E-state index in [-0.39, 0.29) is 29.7 Å². The lowest BCUT2D eigenvalue weighted by atomic mass is 9.78. The number of hydrogen-bond donors (Lipinski definition) is 2. The van der Waals surface area contributed by atoms with Crippen molar-refractivity contribution in [1.82, 2.24) is 0 Å². The number of rotatable bonds is 7.